The van der Waals surface area contributed by atoms with Crippen molar-refractivity contribution in [2.45, 2.75) is 25.7 Å². The highest BCUT2D eigenvalue weighted by molar-refractivity contribution is 7.90. The lowest BCUT2D eigenvalue weighted by molar-refractivity contribution is -0.384. The van der Waals surface area contributed by atoms with Gasteiger partial charge in [-0.2, -0.15) is 0 Å². The van der Waals surface area contributed by atoms with Gasteiger partial charge in [0, 0.05) is 12.1 Å². The smallest absolute Gasteiger partial charge is 0.258 e. The zero-order valence-corrected chi connectivity index (χ0v) is 14.2. The maximum atomic E-state index is 13.0. The Hall–Kier alpha value is -2.74. The molecule has 0 bridgehead atoms. The van der Waals surface area contributed by atoms with Gasteiger partial charge in [-0.3, -0.25) is 10.1 Å². The first kappa shape index (κ1) is 16.1. The normalized spacial score (nSPS) is 11.8. The van der Waals surface area contributed by atoms with E-state index in [9.17, 15) is 18.5 Å². The van der Waals surface area contributed by atoms with Crippen molar-refractivity contribution in [1.29, 1.82) is 0 Å². The van der Waals surface area contributed by atoms with Crippen molar-refractivity contribution in [1.82, 2.24) is 8.96 Å². The van der Waals surface area contributed by atoms with Crippen LogP contribution in [0.25, 0.3) is 11.0 Å². The van der Waals surface area contributed by atoms with Crippen molar-refractivity contribution >= 4 is 26.7 Å². The number of imidazole rings is 1. The zero-order chi connectivity index (χ0) is 17.6. The van der Waals surface area contributed by atoms with Gasteiger partial charge in [0.1, 0.15) is 5.82 Å². The number of fused-ring (bicyclic) bond motifs is 1. The van der Waals surface area contributed by atoms with Crippen LogP contribution < -0.4 is 0 Å². The number of rotatable bonds is 3. The molecule has 0 aliphatic rings. The van der Waals surface area contributed by atoms with E-state index in [1.807, 2.05) is 13.8 Å². The van der Waals surface area contributed by atoms with Gasteiger partial charge >= 0.3 is 0 Å². The van der Waals surface area contributed by atoms with Crippen LogP contribution in [0.15, 0.2) is 41.3 Å². The number of non-ortho nitro benzene ring substituents is 1. The Morgan fingerprint density at radius 1 is 1.04 bits per heavy atom. The summed E-state index contributed by atoms with van der Waals surface area (Å²) >= 11 is 0. The predicted octanol–water partition coefficient (Wildman–Crippen LogP) is 3.11. The van der Waals surface area contributed by atoms with Gasteiger partial charge in [0.25, 0.3) is 15.7 Å². The first-order chi connectivity index (χ1) is 11.2. The van der Waals surface area contributed by atoms with Gasteiger partial charge in [-0.25, -0.2) is 17.4 Å². The SMILES string of the molecule is Cc1ccc(S(=O)(=O)n2c(C)nc3cc([N+](=O)[O-])ccc32)cc1C. The van der Waals surface area contributed by atoms with Gasteiger partial charge in [0.05, 0.1) is 20.9 Å². The summed E-state index contributed by atoms with van der Waals surface area (Å²) in [5.74, 6) is 0.253. The van der Waals surface area contributed by atoms with Crippen LogP contribution in [0, 0.1) is 30.9 Å². The molecule has 0 aliphatic heterocycles. The number of aromatic nitrogens is 2. The minimum atomic E-state index is -3.84. The lowest BCUT2D eigenvalue weighted by Crippen LogP contribution is -2.14. The zero-order valence-electron chi connectivity index (χ0n) is 13.3. The minimum absolute atomic E-state index is 0.129. The molecule has 124 valence electrons. The average molecular weight is 345 g/mol. The topological polar surface area (TPSA) is 95.1 Å². The summed E-state index contributed by atoms with van der Waals surface area (Å²) < 4.78 is 27.1. The van der Waals surface area contributed by atoms with E-state index in [0.717, 1.165) is 15.1 Å². The van der Waals surface area contributed by atoms with E-state index in [4.69, 9.17) is 0 Å². The molecule has 0 amide bonds. The van der Waals surface area contributed by atoms with Crippen LogP contribution in [-0.2, 0) is 10.0 Å². The molecule has 0 fully saturated rings. The van der Waals surface area contributed by atoms with Crippen molar-refractivity contribution in [3.63, 3.8) is 0 Å². The van der Waals surface area contributed by atoms with E-state index in [1.165, 1.54) is 18.2 Å². The molecule has 1 aromatic heterocycles. The van der Waals surface area contributed by atoms with Crippen LogP contribution in [-0.4, -0.2) is 22.3 Å². The Morgan fingerprint density at radius 2 is 1.75 bits per heavy atom. The summed E-state index contributed by atoms with van der Waals surface area (Å²) in [6, 6.07) is 8.87. The Labute approximate surface area is 138 Å². The molecule has 1 heterocycles. The number of benzene rings is 2. The third-order valence-electron chi connectivity index (χ3n) is 3.98. The maximum Gasteiger partial charge on any atom is 0.271 e. The number of hydrogen-bond donors (Lipinski definition) is 0. The highest BCUT2D eigenvalue weighted by Gasteiger charge is 2.24. The quantitative estimate of drug-likeness (QED) is 0.537. The van der Waals surface area contributed by atoms with E-state index in [2.05, 4.69) is 4.98 Å². The van der Waals surface area contributed by atoms with Gasteiger partial charge in [-0.15, -0.1) is 0 Å². The van der Waals surface area contributed by atoms with Crippen molar-refractivity contribution < 1.29 is 13.3 Å². The lowest BCUT2D eigenvalue weighted by Gasteiger charge is -2.10. The fourth-order valence-electron chi connectivity index (χ4n) is 2.56. The molecule has 0 spiro atoms. The molecule has 0 aliphatic carbocycles. The van der Waals surface area contributed by atoms with Crippen molar-refractivity contribution in [3.8, 4) is 0 Å². The Kier molecular flexibility index (Phi) is 3.64. The molecule has 0 N–H and O–H groups in total. The van der Waals surface area contributed by atoms with E-state index >= 15 is 0 Å². The van der Waals surface area contributed by atoms with Gasteiger partial charge in [-0.1, -0.05) is 6.07 Å². The van der Waals surface area contributed by atoms with E-state index in [1.54, 1.807) is 25.1 Å². The molecule has 0 atom stereocenters. The highest BCUT2D eigenvalue weighted by atomic mass is 32.2. The standard InChI is InChI=1S/C16H15N3O4S/c1-10-4-6-14(8-11(10)2)24(22,23)18-12(3)17-15-9-13(19(20)21)5-7-16(15)18/h4-9H,1-3H3. The lowest BCUT2D eigenvalue weighted by atomic mass is 10.1. The maximum absolute atomic E-state index is 13.0. The molecule has 0 radical (unpaired) electrons. The molecule has 3 rings (SSSR count). The van der Waals surface area contributed by atoms with Crippen molar-refractivity contribution in [2.24, 2.45) is 0 Å². The van der Waals surface area contributed by atoms with Crippen molar-refractivity contribution in [3.05, 3.63) is 63.5 Å². The Morgan fingerprint density at radius 3 is 2.38 bits per heavy atom. The second-order valence-electron chi connectivity index (χ2n) is 5.60. The summed E-state index contributed by atoms with van der Waals surface area (Å²) in [6.07, 6.45) is 0. The molecule has 8 heteroatoms. The van der Waals surface area contributed by atoms with Crippen LogP contribution in [0.3, 0.4) is 0 Å². The summed E-state index contributed by atoms with van der Waals surface area (Å²) in [5, 5.41) is 10.9. The fraction of sp³-hybridized carbons (Fsp3) is 0.188. The highest BCUT2D eigenvalue weighted by Crippen LogP contribution is 2.26. The molecule has 0 saturated heterocycles. The van der Waals surface area contributed by atoms with E-state index in [-0.39, 0.29) is 21.9 Å². The van der Waals surface area contributed by atoms with Gasteiger partial charge in [-0.05, 0) is 50.1 Å². The fourth-order valence-corrected chi connectivity index (χ4v) is 4.14. The number of hydrogen-bond acceptors (Lipinski definition) is 5. The van der Waals surface area contributed by atoms with Gasteiger partial charge < -0.3 is 0 Å². The molecular formula is C16H15N3O4S. The van der Waals surface area contributed by atoms with E-state index in [0.29, 0.717) is 5.52 Å². The average Bonchev–Trinajstić information content (AvgIpc) is 2.85. The van der Waals surface area contributed by atoms with Gasteiger partial charge in [0.2, 0.25) is 0 Å². The molecule has 7 nitrogen and oxygen atoms in total. The molecule has 3 aromatic rings. The number of nitro groups is 1. The third kappa shape index (κ3) is 2.44. The first-order valence-corrected chi connectivity index (χ1v) is 8.62. The summed E-state index contributed by atoms with van der Waals surface area (Å²) in [4.78, 5) is 14.7. The largest absolute Gasteiger partial charge is 0.271 e. The Balaban J connectivity index is 2.26. The second-order valence-corrected chi connectivity index (χ2v) is 7.39. The van der Waals surface area contributed by atoms with Crippen LogP contribution in [0.5, 0.6) is 0 Å². The first-order valence-electron chi connectivity index (χ1n) is 7.18. The molecule has 0 unspecified atom stereocenters. The summed E-state index contributed by atoms with van der Waals surface area (Å²) in [7, 11) is -3.84. The third-order valence-corrected chi connectivity index (χ3v) is 5.77. The van der Waals surface area contributed by atoms with Crippen LogP contribution in [0.4, 0.5) is 5.69 Å². The van der Waals surface area contributed by atoms with Crippen LogP contribution >= 0.6 is 0 Å². The summed E-state index contributed by atoms with van der Waals surface area (Å²) in [6.45, 7) is 5.31. The number of nitrogens with zero attached hydrogens (tertiary/aromatic N) is 3. The van der Waals surface area contributed by atoms with Gasteiger partial charge in [0.15, 0.2) is 0 Å². The molecular weight excluding hydrogens is 330 g/mol. The van der Waals surface area contributed by atoms with Crippen LogP contribution in [0.1, 0.15) is 17.0 Å². The minimum Gasteiger partial charge on any atom is -0.258 e. The van der Waals surface area contributed by atoms with Crippen LogP contribution in [0.2, 0.25) is 0 Å². The molecule has 24 heavy (non-hydrogen) atoms. The monoisotopic (exact) mass is 345 g/mol. The number of aryl methyl sites for hydroxylation is 3. The van der Waals surface area contributed by atoms with E-state index < -0.39 is 14.9 Å². The predicted molar refractivity (Wildman–Crippen MR) is 89.6 cm³/mol. The number of nitro benzene ring substituents is 1. The summed E-state index contributed by atoms with van der Waals surface area (Å²) in [5.41, 5.74) is 2.33. The Bertz CT molecular complexity index is 1080. The molecule has 0 saturated carbocycles. The molecule has 2 aromatic carbocycles. The second kappa shape index (κ2) is 5.41. The van der Waals surface area contributed by atoms with Crippen molar-refractivity contribution in [2.75, 3.05) is 0 Å².